The lowest BCUT2D eigenvalue weighted by molar-refractivity contribution is 0.463. The standard InChI is InChI=1S/C4H7N3O/c1-3(5)4-7-6-2-8-4/h2-3H,5H2,1H3. The van der Waals surface area contributed by atoms with Gasteiger partial charge in [-0.15, -0.1) is 10.2 Å². The smallest absolute Gasteiger partial charge is 0.232 e. The topological polar surface area (TPSA) is 64.9 Å². The third-order valence-corrected chi connectivity index (χ3v) is 0.766. The van der Waals surface area contributed by atoms with E-state index in [1.54, 1.807) is 6.92 Å². The quantitative estimate of drug-likeness (QED) is 0.560. The van der Waals surface area contributed by atoms with Crippen molar-refractivity contribution in [2.24, 2.45) is 5.73 Å². The molecule has 1 aromatic heterocycles. The summed E-state index contributed by atoms with van der Waals surface area (Å²) < 4.78 is 4.75. The summed E-state index contributed by atoms with van der Waals surface area (Å²) in [6.45, 7) is 1.79. The van der Waals surface area contributed by atoms with Crippen LogP contribution >= 0.6 is 0 Å². The van der Waals surface area contributed by atoms with Crippen LogP contribution in [0.25, 0.3) is 0 Å². The summed E-state index contributed by atoms with van der Waals surface area (Å²) in [5.41, 5.74) is 5.36. The van der Waals surface area contributed by atoms with Crippen LogP contribution in [0.15, 0.2) is 10.8 Å². The maximum atomic E-state index is 5.36. The van der Waals surface area contributed by atoms with Gasteiger partial charge in [-0.2, -0.15) is 0 Å². The van der Waals surface area contributed by atoms with Crippen LogP contribution in [0.2, 0.25) is 0 Å². The number of hydrogen-bond donors (Lipinski definition) is 1. The molecule has 0 aliphatic heterocycles. The predicted molar refractivity (Wildman–Crippen MR) is 26.9 cm³/mol. The largest absolute Gasteiger partial charge is 0.426 e. The molecule has 0 aliphatic rings. The van der Waals surface area contributed by atoms with Gasteiger partial charge in [0.25, 0.3) is 0 Å². The number of nitrogens with two attached hydrogens (primary N) is 1. The third kappa shape index (κ3) is 0.840. The molecule has 0 aromatic carbocycles. The zero-order valence-electron chi connectivity index (χ0n) is 4.53. The van der Waals surface area contributed by atoms with Crippen molar-refractivity contribution in [1.82, 2.24) is 10.2 Å². The molecule has 1 atom stereocenters. The first-order valence-electron chi connectivity index (χ1n) is 2.32. The fourth-order valence-electron chi connectivity index (χ4n) is 0.380. The molecule has 0 bridgehead atoms. The first kappa shape index (κ1) is 5.24. The van der Waals surface area contributed by atoms with Gasteiger partial charge in [-0.25, -0.2) is 0 Å². The molecule has 0 saturated carbocycles. The van der Waals surface area contributed by atoms with E-state index in [1.807, 2.05) is 0 Å². The molecule has 1 rings (SSSR count). The summed E-state index contributed by atoms with van der Waals surface area (Å²) in [4.78, 5) is 0. The fraction of sp³-hybridized carbons (Fsp3) is 0.500. The van der Waals surface area contributed by atoms with Crippen LogP contribution in [0.5, 0.6) is 0 Å². The lowest BCUT2D eigenvalue weighted by Crippen LogP contribution is -2.04. The van der Waals surface area contributed by atoms with Gasteiger partial charge in [-0.05, 0) is 6.92 Å². The van der Waals surface area contributed by atoms with Crippen molar-refractivity contribution >= 4 is 0 Å². The Kier molecular flexibility index (Phi) is 1.26. The summed E-state index contributed by atoms with van der Waals surface area (Å²) in [6, 6.07) is -0.155. The number of rotatable bonds is 1. The molecule has 1 heterocycles. The van der Waals surface area contributed by atoms with Gasteiger partial charge < -0.3 is 10.2 Å². The summed E-state index contributed by atoms with van der Waals surface area (Å²) in [6.07, 6.45) is 1.26. The van der Waals surface area contributed by atoms with E-state index in [2.05, 4.69) is 10.2 Å². The molecule has 0 saturated heterocycles. The highest BCUT2D eigenvalue weighted by atomic mass is 16.4. The first-order valence-corrected chi connectivity index (χ1v) is 2.32. The van der Waals surface area contributed by atoms with Crippen LogP contribution in [0, 0.1) is 0 Å². The Morgan fingerprint density at radius 1 is 1.88 bits per heavy atom. The SMILES string of the molecule is CC(N)c1nnco1. The average Bonchev–Trinajstić information content (AvgIpc) is 2.12. The summed E-state index contributed by atoms with van der Waals surface area (Å²) in [5.74, 6) is 0.477. The molecule has 0 fully saturated rings. The number of hydrogen-bond acceptors (Lipinski definition) is 4. The van der Waals surface area contributed by atoms with Gasteiger partial charge in [0.2, 0.25) is 12.3 Å². The van der Waals surface area contributed by atoms with Gasteiger partial charge in [-0.3, -0.25) is 0 Å². The molecule has 1 aromatic rings. The molecule has 0 radical (unpaired) electrons. The Hall–Kier alpha value is -0.900. The van der Waals surface area contributed by atoms with E-state index in [9.17, 15) is 0 Å². The predicted octanol–water partition coefficient (Wildman–Crippen LogP) is 0.0893. The van der Waals surface area contributed by atoms with E-state index in [0.717, 1.165) is 0 Å². The molecular weight excluding hydrogens is 106 g/mol. The van der Waals surface area contributed by atoms with Gasteiger partial charge in [0.1, 0.15) is 0 Å². The normalized spacial score (nSPS) is 13.8. The van der Waals surface area contributed by atoms with Crippen molar-refractivity contribution in [3.8, 4) is 0 Å². The second-order valence-electron chi connectivity index (χ2n) is 1.57. The Labute approximate surface area is 46.7 Å². The molecule has 1 unspecified atom stereocenters. The molecule has 4 heteroatoms. The van der Waals surface area contributed by atoms with E-state index in [0.29, 0.717) is 5.89 Å². The van der Waals surface area contributed by atoms with Crippen molar-refractivity contribution in [1.29, 1.82) is 0 Å². The van der Waals surface area contributed by atoms with Crippen molar-refractivity contribution < 1.29 is 4.42 Å². The van der Waals surface area contributed by atoms with E-state index in [-0.39, 0.29) is 6.04 Å². The first-order chi connectivity index (χ1) is 3.80. The molecular formula is C4H7N3O. The van der Waals surface area contributed by atoms with Crippen LogP contribution in [0.4, 0.5) is 0 Å². The van der Waals surface area contributed by atoms with Gasteiger partial charge in [0.15, 0.2) is 0 Å². The van der Waals surface area contributed by atoms with Crippen LogP contribution in [-0.2, 0) is 0 Å². The van der Waals surface area contributed by atoms with Crippen molar-refractivity contribution in [3.05, 3.63) is 12.3 Å². The van der Waals surface area contributed by atoms with Gasteiger partial charge >= 0.3 is 0 Å². The van der Waals surface area contributed by atoms with Crippen molar-refractivity contribution in [2.75, 3.05) is 0 Å². The van der Waals surface area contributed by atoms with E-state index in [1.165, 1.54) is 6.39 Å². The van der Waals surface area contributed by atoms with E-state index < -0.39 is 0 Å². The molecule has 0 spiro atoms. The minimum Gasteiger partial charge on any atom is -0.426 e. The van der Waals surface area contributed by atoms with Crippen LogP contribution < -0.4 is 5.73 Å². The van der Waals surface area contributed by atoms with E-state index >= 15 is 0 Å². The maximum Gasteiger partial charge on any atom is 0.232 e. The number of nitrogens with zero attached hydrogens (tertiary/aromatic N) is 2. The average molecular weight is 113 g/mol. The second kappa shape index (κ2) is 1.92. The number of aromatic nitrogens is 2. The Morgan fingerprint density at radius 3 is 2.88 bits per heavy atom. The molecule has 0 amide bonds. The maximum absolute atomic E-state index is 5.36. The van der Waals surface area contributed by atoms with Crippen molar-refractivity contribution in [3.63, 3.8) is 0 Å². The lowest BCUT2D eigenvalue weighted by atomic mass is 10.4. The summed E-state index contributed by atoms with van der Waals surface area (Å²) in [7, 11) is 0. The Balaban J connectivity index is 2.77. The highest BCUT2D eigenvalue weighted by Gasteiger charge is 2.01. The fourth-order valence-corrected chi connectivity index (χ4v) is 0.380. The Bertz CT molecular complexity index is 146. The zero-order valence-corrected chi connectivity index (χ0v) is 4.53. The second-order valence-corrected chi connectivity index (χ2v) is 1.57. The highest BCUT2D eigenvalue weighted by Crippen LogP contribution is 2.01. The van der Waals surface area contributed by atoms with Gasteiger partial charge in [0, 0.05) is 0 Å². The summed E-state index contributed by atoms with van der Waals surface area (Å²) in [5, 5.41) is 7.02. The minimum absolute atomic E-state index is 0.155. The van der Waals surface area contributed by atoms with Crippen molar-refractivity contribution in [2.45, 2.75) is 13.0 Å². The minimum atomic E-state index is -0.155. The lowest BCUT2D eigenvalue weighted by Gasteiger charge is -1.92. The molecule has 4 nitrogen and oxygen atoms in total. The summed E-state index contributed by atoms with van der Waals surface area (Å²) >= 11 is 0. The third-order valence-electron chi connectivity index (χ3n) is 0.766. The zero-order chi connectivity index (χ0) is 5.98. The van der Waals surface area contributed by atoms with Gasteiger partial charge in [0.05, 0.1) is 6.04 Å². The van der Waals surface area contributed by atoms with Crippen LogP contribution in [0.3, 0.4) is 0 Å². The van der Waals surface area contributed by atoms with E-state index in [4.69, 9.17) is 10.2 Å². The van der Waals surface area contributed by atoms with Gasteiger partial charge in [-0.1, -0.05) is 0 Å². The van der Waals surface area contributed by atoms with Crippen LogP contribution in [-0.4, -0.2) is 10.2 Å². The Morgan fingerprint density at radius 2 is 2.62 bits per heavy atom. The molecule has 44 valence electrons. The molecule has 0 aliphatic carbocycles. The molecule has 2 N–H and O–H groups in total. The molecule has 8 heavy (non-hydrogen) atoms. The van der Waals surface area contributed by atoms with Crippen LogP contribution in [0.1, 0.15) is 18.9 Å². The highest BCUT2D eigenvalue weighted by molar-refractivity contribution is 4.79. The monoisotopic (exact) mass is 113 g/mol.